The SMILES string of the molecule is CC.CC.Cc1c(-c2ncco2)sc2c1c(=O)n(C(C)(C)C(=O)O)c(=O)n2CCc1ccccc1.Oc1ccc(F)cc1. The summed E-state index contributed by atoms with van der Waals surface area (Å²) >= 11 is 1.25. The number of hydrogen-bond acceptors (Lipinski definition) is 7. The van der Waals surface area contributed by atoms with Gasteiger partial charge in [-0.3, -0.25) is 9.36 Å². The van der Waals surface area contributed by atoms with Gasteiger partial charge in [-0.15, -0.1) is 11.3 Å². The molecule has 0 amide bonds. The van der Waals surface area contributed by atoms with Gasteiger partial charge < -0.3 is 14.6 Å². The van der Waals surface area contributed by atoms with E-state index in [1.54, 1.807) is 6.92 Å². The fraction of sp³-hybridized carbons (Fsp3) is 0.312. The average molecular weight is 612 g/mol. The number of aromatic hydroxyl groups is 1. The Morgan fingerprint density at radius 1 is 1.02 bits per heavy atom. The van der Waals surface area contributed by atoms with E-state index in [-0.39, 0.29) is 11.6 Å². The smallest absolute Gasteiger partial charge is 0.333 e. The Morgan fingerprint density at radius 2 is 1.63 bits per heavy atom. The maximum Gasteiger partial charge on any atom is 0.333 e. The minimum atomic E-state index is -1.71. The van der Waals surface area contributed by atoms with Crippen LogP contribution in [0.3, 0.4) is 0 Å². The number of benzene rings is 2. The number of carbonyl (C=O) groups is 1. The number of halogens is 1. The van der Waals surface area contributed by atoms with Gasteiger partial charge in [-0.05, 0) is 62.6 Å². The molecule has 0 saturated heterocycles. The summed E-state index contributed by atoms with van der Waals surface area (Å²) in [5.41, 5.74) is -1.36. The van der Waals surface area contributed by atoms with Crippen LogP contribution in [0.5, 0.6) is 5.75 Å². The van der Waals surface area contributed by atoms with Crippen LogP contribution in [0.25, 0.3) is 21.0 Å². The molecule has 0 aliphatic rings. The molecule has 5 rings (SSSR count). The molecule has 0 aliphatic carbocycles. The summed E-state index contributed by atoms with van der Waals surface area (Å²) in [4.78, 5) is 44.0. The molecule has 0 saturated carbocycles. The van der Waals surface area contributed by atoms with Crippen molar-refractivity contribution in [3.63, 3.8) is 0 Å². The highest BCUT2D eigenvalue weighted by Crippen LogP contribution is 2.35. The maximum atomic E-state index is 13.4. The number of fused-ring (bicyclic) bond motifs is 1. The molecule has 2 aromatic carbocycles. The summed E-state index contributed by atoms with van der Waals surface area (Å²) in [6.45, 7) is 12.7. The number of carboxylic acid groups (broad SMARTS) is 1. The number of nitrogens with zero attached hydrogens (tertiary/aromatic N) is 3. The third-order valence-electron chi connectivity index (χ3n) is 6.21. The van der Waals surface area contributed by atoms with Crippen molar-refractivity contribution in [1.29, 1.82) is 0 Å². The van der Waals surface area contributed by atoms with Crippen LogP contribution in [-0.2, 0) is 23.3 Å². The zero-order valence-corrected chi connectivity index (χ0v) is 26.2. The second-order valence-corrected chi connectivity index (χ2v) is 10.2. The summed E-state index contributed by atoms with van der Waals surface area (Å²) in [6, 6.07) is 14.7. The van der Waals surface area contributed by atoms with E-state index in [1.165, 1.54) is 66.5 Å². The summed E-state index contributed by atoms with van der Waals surface area (Å²) in [5.74, 6) is -1.15. The molecule has 3 aromatic heterocycles. The van der Waals surface area contributed by atoms with E-state index in [4.69, 9.17) is 9.52 Å². The second-order valence-electron chi connectivity index (χ2n) is 9.22. The van der Waals surface area contributed by atoms with E-state index in [2.05, 4.69) is 4.98 Å². The number of phenolic OH excluding ortho intramolecular Hbond substituents is 1. The first-order chi connectivity index (χ1) is 20.5. The molecule has 3 heterocycles. The summed E-state index contributed by atoms with van der Waals surface area (Å²) in [7, 11) is 0. The highest BCUT2D eigenvalue weighted by atomic mass is 32.1. The molecule has 0 fully saturated rings. The van der Waals surface area contributed by atoms with Crippen molar-refractivity contribution in [2.45, 2.75) is 67.0 Å². The minimum Gasteiger partial charge on any atom is -0.508 e. The molecule has 43 heavy (non-hydrogen) atoms. The van der Waals surface area contributed by atoms with Gasteiger partial charge >= 0.3 is 11.7 Å². The fourth-order valence-electron chi connectivity index (χ4n) is 4.00. The van der Waals surface area contributed by atoms with Crippen molar-refractivity contribution in [1.82, 2.24) is 14.1 Å². The van der Waals surface area contributed by atoms with Crippen LogP contribution < -0.4 is 11.2 Å². The summed E-state index contributed by atoms with van der Waals surface area (Å²) < 4.78 is 19.7. The Bertz CT molecular complexity index is 1700. The molecule has 0 bridgehead atoms. The number of aliphatic carboxylic acids is 1. The molecule has 2 N–H and O–H groups in total. The van der Waals surface area contributed by atoms with Crippen molar-refractivity contribution in [3.8, 4) is 16.5 Å². The molecule has 5 aromatic rings. The number of hydrogen-bond donors (Lipinski definition) is 2. The molecule has 230 valence electrons. The van der Waals surface area contributed by atoms with E-state index >= 15 is 0 Å². The number of aromatic nitrogens is 3. The zero-order valence-electron chi connectivity index (χ0n) is 25.4. The lowest BCUT2D eigenvalue weighted by molar-refractivity contribution is -0.146. The van der Waals surface area contributed by atoms with Crippen molar-refractivity contribution in [2.24, 2.45) is 0 Å². The van der Waals surface area contributed by atoms with E-state index in [0.717, 1.165) is 10.1 Å². The van der Waals surface area contributed by atoms with Gasteiger partial charge in [0, 0.05) is 6.54 Å². The highest BCUT2D eigenvalue weighted by Gasteiger charge is 2.35. The highest BCUT2D eigenvalue weighted by molar-refractivity contribution is 7.22. The molecule has 0 radical (unpaired) electrons. The largest absolute Gasteiger partial charge is 0.508 e. The van der Waals surface area contributed by atoms with Gasteiger partial charge in [0.1, 0.15) is 28.2 Å². The number of carboxylic acids is 1. The monoisotopic (exact) mass is 611 g/mol. The maximum absolute atomic E-state index is 13.4. The lowest BCUT2D eigenvalue weighted by Gasteiger charge is -2.23. The number of oxazole rings is 1. The first kappa shape index (κ1) is 34.7. The van der Waals surface area contributed by atoms with Gasteiger partial charge in [-0.2, -0.15) is 0 Å². The lowest BCUT2D eigenvalue weighted by Crippen LogP contribution is -2.52. The van der Waals surface area contributed by atoms with Crippen LogP contribution >= 0.6 is 11.3 Å². The van der Waals surface area contributed by atoms with Gasteiger partial charge in [0.25, 0.3) is 5.56 Å². The summed E-state index contributed by atoms with van der Waals surface area (Å²) in [6.07, 6.45) is 3.49. The van der Waals surface area contributed by atoms with Crippen LogP contribution in [-0.4, -0.2) is 30.3 Å². The Balaban J connectivity index is 0.000000456. The minimum absolute atomic E-state index is 0.0893. The average Bonchev–Trinajstić information content (AvgIpc) is 3.66. The van der Waals surface area contributed by atoms with Crippen molar-refractivity contribution in [2.75, 3.05) is 0 Å². The zero-order chi connectivity index (χ0) is 32.3. The number of thiophene rings is 1. The molecule has 0 spiro atoms. The van der Waals surface area contributed by atoms with Gasteiger partial charge in [0.15, 0.2) is 0 Å². The molecule has 0 aliphatic heterocycles. The van der Waals surface area contributed by atoms with Crippen molar-refractivity contribution in [3.05, 3.63) is 105 Å². The third kappa shape index (κ3) is 7.86. The fourth-order valence-corrected chi connectivity index (χ4v) is 5.26. The van der Waals surface area contributed by atoms with E-state index in [1.807, 2.05) is 58.0 Å². The molecule has 0 unspecified atom stereocenters. The second kappa shape index (κ2) is 15.6. The normalized spacial score (nSPS) is 10.5. The van der Waals surface area contributed by atoms with Gasteiger partial charge in [0.05, 0.1) is 16.5 Å². The Labute approximate surface area is 253 Å². The lowest BCUT2D eigenvalue weighted by atomic mass is 10.1. The number of aryl methyl sites for hydroxylation is 3. The number of phenols is 1. The van der Waals surface area contributed by atoms with E-state index in [0.29, 0.717) is 39.5 Å². The molecular weight excluding hydrogens is 573 g/mol. The predicted octanol–water partition coefficient (Wildman–Crippen LogP) is 6.83. The topological polar surface area (TPSA) is 128 Å². The summed E-state index contributed by atoms with van der Waals surface area (Å²) in [5, 5.41) is 18.6. The van der Waals surface area contributed by atoms with Gasteiger partial charge in [-0.25, -0.2) is 23.5 Å². The van der Waals surface area contributed by atoms with Crippen molar-refractivity contribution >= 4 is 27.5 Å². The standard InChI is InChI=1S/C22H21N3O5S.C6H5FO.2C2H6/c1-13-15-18(26)25(22(2,3)20(27)28)21(29)24(11-9-14-7-5-4-6-8-14)19(15)31-16(13)17-23-10-12-30-17;7-5-1-3-6(8)4-2-5;2*1-2/h4-8,10,12H,9,11H2,1-3H3,(H,27,28);1-4,8H;2*1-2H3. The Kier molecular flexibility index (Phi) is 12.6. The predicted molar refractivity (Wildman–Crippen MR) is 168 cm³/mol. The van der Waals surface area contributed by atoms with Crippen LogP contribution in [0.2, 0.25) is 0 Å². The molecule has 9 nitrogen and oxygen atoms in total. The first-order valence-corrected chi connectivity index (χ1v) is 14.7. The quantitative estimate of drug-likeness (QED) is 0.215. The van der Waals surface area contributed by atoms with Crippen LogP contribution in [0.15, 0.2) is 81.1 Å². The third-order valence-corrected chi connectivity index (χ3v) is 7.52. The van der Waals surface area contributed by atoms with Crippen molar-refractivity contribution < 1.29 is 23.8 Å². The van der Waals surface area contributed by atoms with Crippen LogP contribution in [0.4, 0.5) is 4.39 Å². The van der Waals surface area contributed by atoms with Gasteiger partial charge in [-0.1, -0.05) is 58.0 Å². The van der Waals surface area contributed by atoms with E-state index in [9.17, 15) is 23.9 Å². The molecule has 0 atom stereocenters. The Morgan fingerprint density at radius 3 is 2.14 bits per heavy atom. The van der Waals surface area contributed by atoms with Gasteiger partial charge in [0.2, 0.25) is 5.89 Å². The van der Waals surface area contributed by atoms with Crippen LogP contribution in [0, 0.1) is 12.7 Å². The van der Waals surface area contributed by atoms with Crippen LogP contribution in [0.1, 0.15) is 52.7 Å². The number of rotatable bonds is 6. The molecule has 11 heteroatoms. The Hall–Kier alpha value is -4.51. The first-order valence-electron chi connectivity index (χ1n) is 13.9. The molecular formula is C32H38FN3O6S. The van der Waals surface area contributed by atoms with E-state index < -0.39 is 22.8 Å².